The number of pyridine rings is 1. The molecule has 1 amide bonds. The fraction of sp³-hybridized carbons (Fsp3) is 0.0909. The number of carbonyl (C=O) groups excluding carboxylic acids is 1. The van der Waals surface area contributed by atoms with Crippen molar-refractivity contribution in [1.29, 1.82) is 0 Å². The maximum absolute atomic E-state index is 12.9. The van der Waals surface area contributed by atoms with Crippen LogP contribution in [0.25, 0.3) is 22.8 Å². The summed E-state index contributed by atoms with van der Waals surface area (Å²) in [7, 11) is 0. The number of thioether (sulfide) groups is 1. The predicted octanol–water partition coefficient (Wildman–Crippen LogP) is 3.93. The van der Waals surface area contributed by atoms with Gasteiger partial charge in [-0.25, -0.2) is 0 Å². The van der Waals surface area contributed by atoms with Gasteiger partial charge in [0.15, 0.2) is 0 Å². The molecule has 2 aromatic carbocycles. The second-order valence-corrected chi connectivity index (χ2v) is 7.30. The molecule has 4 rings (SSSR count). The number of aromatic nitrogens is 3. The van der Waals surface area contributed by atoms with Crippen molar-refractivity contribution < 1.29 is 9.32 Å². The monoisotopic (exact) mass is 418 g/mol. The molecule has 0 fully saturated rings. The average Bonchev–Trinajstić information content (AvgIpc) is 3.26. The summed E-state index contributed by atoms with van der Waals surface area (Å²) in [6.45, 7) is -0.129. The Bertz CT molecular complexity index is 1230. The minimum atomic E-state index is -0.381. The first-order chi connectivity index (χ1) is 14.6. The van der Waals surface area contributed by atoms with E-state index in [2.05, 4.69) is 15.5 Å². The van der Waals surface area contributed by atoms with Crippen LogP contribution >= 0.6 is 11.8 Å². The highest BCUT2D eigenvalue weighted by Gasteiger charge is 2.16. The largest absolute Gasteiger partial charge is 0.333 e. The lowest BCUT2D eigenvalue weighted by Crippen LogP contribution is -2.28. The van der Waals surface area contributed by atoms with E-state index in [9.17, 15) is 9.59 Å². The first-order valence-corrected chi connectivity index (χ1v) is 10.4. The van der Waals surface area contributed by atoms with Crippen LogP contribution in [-0.2, 0) is 11.3 Å². The minimum Gasteiger partial charge on any atom is -0.333 e. The van der Waals surface area contributed by atoms with Crippen LogP contribution in [0.15, 0.2) is 87.1 Å². The molecule has 4 aromatic rings. The van der Waals surface area contributed by atoms with Crippen LogP contribution in [-0.4, -0.2) is 26.9 Å². The molecule has 150 valence electrons. The summed E-state index contributed by atoms with van der Waals surface area (Å²) in [4.78, 5) is 30.7. The fourth-order valence-electron chi connectivity index (χ4n) is 2.92. The van der Waals surface area contributed by atoms with Crippen molar-refractivity contribution in [3.8, 4) is 22.8 Å². The van der Waals surface area contributed by atoms with Crippen LogP contribution in [0.1, 0.15) is 0 Å². The van der Waals surface area contributed by atoms with Crippen LogP contribution in [0.2, 0.25) is 0 Å². The van der Waals surface area contributed by atoms with Crippen LogP contribution < -0.4 is 10.9 Å². The molecule has 0 unspecified atom stereocenters. The van der Waals surface area contributed by atoms with Gasteiger partial charge in [0, 0.05) is 22.3 Å². The number of hydrogen-bond acceptors (Lipinski definition) is 6. The van der Waals surface area contributed by atoms with Gasteiger partial charge in [-0.1, -0.05) is 41.6 Å². The summed E-state index contributed by atoms with van der Waals surface area (Å²) < 4.78 is 6.60. The molecule has 0 aliphatic rings. The van der Waals surface area contributed by atoms with E-state index in [-0.39, 0.29) is 29.5 Å². The van der Waals surface area contributed by atoms with Gasteiger partial charge in [-0.05, 0) is 36.6 Å². The van der Waals surface area contributed by atoms with E-state index in [4.69, 9.17) is 4.52 Å². The van der Waals surface area contributed by atoms with E-state index in [1.54, 1.807) is 36.2 Å². The van der Waals surface area contributed by atoms with E-state index in [1.807, 2.05) is 54.8 Å². The number of anilines is 1. The Morgan fingerprint density at radius 2 is 1.93 bits per heavy atom. The zero-order valence-corrected chi connectivity index (χ0v) is 16.9. The van der Waals surface area contributed by atoms with Crippen molar-refractivity contribution in [2.24, 2.45) is 0 Å². The van der Waals surface area contributed by atoms with Crippen molar-refractivity contribution >= 4 is 23.4 Å². The summed E-state index contributed by atoms with van der Waals surface area (Å²) in [5.74, 6) is 0.205. The van der Waals surface area contributed by atoms with E-state index in [0.29, 0.717) is 11.5 Å². The third kappa shape index (κ3) is 4.33. The Morgan fingerprint density at radius 3 is 2.73 bits per heavy atom. The second-order valence-electron chi connectivity index (χ2n) is 6.42. The number of nitrogens with one attached hydrogen (secondary N) is 1. The molecule has 2 aromatic heterocycles. The molecule has 7 nitrogen and oxygen atoms in total. The Hall–Kier alpha value is -3.65. The van der Waals surface area contributed by atoms with Gasteiger partial charge in [0.1, 0.15) is 12.1 Å². The van der Waals surface area contributed by atoms with Crippen LogP contribution in [0, 0.1) is 0 Å². The second kappa shape index (κ2) is 8.79. The van der Waals surface area contributed by atoms with Crippen molar-refractivity contribution in [3.63, 3.8) is 0 Å². The molecule has 2 heterocycles. The zero-order valence-electron chi connectivity index (χ0n) is 16.1. The molecule has 0 atom stereocenters. The fourth-order valence-corrected chi connectivity index (χ4v) is 3.38. The van der Waals surface area contributed by atoms with Gasteiger partial charge in [0.2, 0.25) is 11.7 Å². The number of carbonyl (C=O) groups is 1. The molecule has 1 N–H and O–H groups in total. The molecule has 0 radical (unpaired) electrons. The van der Waals surface area contributed by atoms with E-state index >= 15 is 0 Å². The molecule has 0 spiro atoms. The van der Waals surface area contributed by atoms with Crippen molar-refractivity contribution in [1.82, 2.24) is 14.7 Å². The smallest absolute Gasteiger partial charge is 0.263 e. The van der Waals surface area contributed by atoms with Crippen LogP contribution in [0.4, 0.5) is 5.69 Å². The third-order valence-corrected chi connectivity index (χ3v) is 5.10. The standard InChI is InChI=1S/C22H18N4O3S/c1-30-17-10-5-9-16(13-17)23-19(27)14-26-12-6-11-18(22(26)28)21-24-20(25-29-21)15-7-3-2-4-8-15/h2-13H,14H2,1H3,(H,23,27). The van der Waals surface area contributed by atoms with Gasteiger partial charge < -0.3 is 14.4 Å². The minimum absolute atomic E-state index is 0.112. The lowest BCUT2D eigenvalue weighted by molar-refractivity contribution is -0.116. The van der Waals surface area contributed by atoms with Gasteiger partial charge in [-0.15, -0.1) is 11.8 Å². The summed E-state index contributed by atoms with van der Waals surface area (Å²) in [5, 5.41) is 6.76. The van der Waals surface area contributed by atoms with E-state index < -0.39 is 0 Å². The quantitative estimate of drug-likeness (QED) is 0.477. The normalized spacial score (nSPS) is 10.7. The first kappa shape index (κ1) is 19.7. The van der Waals surface area contributed by atoms with Crippen LogP contribution in [0.5, 0.6) is 0 Å². The molecule has 0 saturated heterocycles. The Kier molecular flexibility index (Phi) is 5.76. The number of hydrogen-bond donors (Lipinski definition) is 1. The predicted molar refractivity (Wildman–Crippen MR) is 116 cm³/mol. The lowest BCUT2D eigenvalue weighted by atomic mass is 10.2. The van der Waals surface area contributed by atoms with E-state index in [0.717, 1.165) is 10.5 Å². The third-order valence-electron chi connectivity index (χ3n) is 4.38. The molecular formula is C22H18N4O3S. The van der Waals surface area contributed by atoms with Gasteiger partial charge in [-0.2, -0.15) is 4.98 Å². The highest BCUT2D eigenvalue weighted by atomic mass is 32.2. The summed E-state index contributed by atoms with van der Waals surface area (Å²) in [6, 6.07) is 20.1. The summed E-state index contributed by atoms with van der Waals surface area (Å²) in [5.41, 5.74) is 1.33. The SMILES string of the molecule is CSc1cccc(NC(=O)Cn2cccc(-c3nc(-c4ccccc4)no3)c2=O)c1. The molecule has 30 heavy (non-hydrogen) atoms. The van der Waals surface area contributed by atoms with Crippen molar-refractivity contribution in [2.45, 2.75) is 11.4 Å². The summed E-state index contributed by atoms with van der Waals surface area (Å²) in [6.07, 6.45) is 3.52. The van der Waals surface area contributed by atoms with Gasteiger partial charge in [-0.3, -0.25) is 9.59 Å². The molecule has 0 saturated carbocycles. The number of amides is 1. The van der Waals surface area contributed by atoms with Crippen molar-refractivity contribution in [3.05, 3.63) is 83.3 Å². The number of benzene rings is 2. The molecule has 8 heteroatoms. The van der Waals surface area contributed by atoms with Crippen molar-refractivity contribution in [2.75, 3.05) is 11.6 Å². The summed E-state index contributed by atoms with van der Waals surface area (Å²) >= 11 is 1.59. The topological polar surface area (TPSA) is 90.0 Å². The molecular weight excluding hydrogens is 400 g/mol. The Labute approximate surface area is 176 Å². The zero-order chi connectivity index (χ0) is 20.9. The number of rotatable bonds is 6. The maximum Gasteiger partial charge on any atom is 0.263 e. The maximum atomic E-state index is 12.9. The average molecular weight is 418 g/mol. The Balaban J connectivity index is 1.54. The highest BCUT2D eigenvalue weighted by Crippen LogP contribution is 2.20. The first-order valence-electron chi connectivity index (χ1n) is 9.17. The molecule has 0 aliphatic heterocycles. The lowest BCUT2D eigenvalue weighted by Gasteiger charge is -2.09. The Morgan fingerprint density at radius 1 is 1.10 bits per heavy atom. The number of nitrogens with zero attached hydrogens (tertiary/aromatic N) is 3. The van der Waals surface area contributed by atoms with Gasteiger partial charge in [0.05, 0.1) is 0 Å². The molecule has 0 aliphatic carbocycles. The van der Waals surface area contributed by atoms with Crippen LogP contribution in [0.3, 0.4) is 0 Å². The van der Waals surface area contributed by atoms with Gasteiger partial charge >= 0.3 is 0 Å². The highest BCUT2D eigenvalue weighted by molar-refractivity contribution is 7.98. The van der Waals surface area contributed by atoms with E-state index in [1.165, 1.54) is 4.57 Å². The molecule has 0 bridgehead atoms. The van der Waals surface area contributed by atoms with Gasteiger partial charge in [0.25, 0.3) is 11.4 Å².